The number of unbranched alkanes of at least 4 members (excludes halogenated alkanes) is 2. The topological polar surface area (TPSA) is 0 Å². The fourth-order valence-electron chi connectivity index (χ4n) is 3.51. The predicted molar refractivity (Wildman–Crippen MR) is 99.9 cm³/mol. The van der Waals surface area contributed by atoms with Crippen molar-refractivity contribution in [1.82, 2.24) is 0 Å². The van der Waals surface area contributed by atoms with E-state index in [1.165, 1.54) is 69.9 Å². The lowest BCUT2D eigenvalue weighted by Gasteiger charge is -2.28. The maximum Gasteiger partial charge on any atom is 0.123 e. The molecule has 1 saturated carbocycles. The van der Waals surface area contributed by atoms with E-state index in [1.54, 1.807) is 12.1 Å². The summed E-state index contributed by atoms with van der Waals surface area (Å²) < 4.78 is 12.8. The van der Waals surface area contributed by atoms with E-state index in [4.69, 9.17) is 0 Å². The largest absolute Gasteiger partial charge is 0.207 e. The summed E-state index contributed by atoms with van der Waals surface area (Å²) in [5.41, 5.74) is 0.812. The van der Waals surface area contributed by atoms with Gasteiger partial charge in [-0.15, -0.1) is 0 Å². The Morgan fingerprint density at radius 2 is 1.58 bits per heavy atom. The molecule has 0 atom stereocenters. The lowest BCUT2D eigenvalue weighted by Crippen LogP contribution is -2.14. The summed E-state index contributed by atoms with van der Waals surface area (Å²) >= 11 is 0. The Labute approximate surface area is 147 Å². The summed E-state index contributed by atoms with van der Waals surface area (Å²) in [5, 5.41) is 0. The molecule has 0 radical (unpaired) electrons. The van der Waals surface area contributed by atoms with Crippen LogP contribution in [0.2, 0.25) is 0 Å². The van der Waals surface area contributed by atoms with Crippen LogP contribution in [-0.2, 0) is 0 Å². The average Bonchev–Trinajstić information content (AvgIpc) is 2.61. The zero-order valence-corrected chi connectivity index (χ0v) is 14.9. The molecule has 0 aromatic heterocycles. The molecule has 0 amide bonds. The van der Waals surface area contributed by atoms with E-state index in [2.05, 4.69) is 30.6 Å². The van der Waals surface area contributed by atoms with Crippen molar-refractivity contribution in [2.75, 3.05) is 0 Å². The van der Waals surface area contributed by atoms with Crippen molar-refractivity contribution in [2.24, 2.45) is 11.8 Å². The molecule has 0 bridgehead atoms. The molecule has 0 spiro atoms. The Morgan fingerprint density at radius 3 is 2.25 bits per heavy atom. The van der Waals surface area contributed by atoms with Crippen LogP contribution in [-0.4, -0.2) is 0 Å². The minimum atomic E-state index is -0.230. The zero-order valence-electron chi connectivity index (χ0n) is 14.9. The smallest absolute Gasteiger partial charge is 0.123 e. The Kier molecular flexibility index (Phi) is 8.48. The molecule has 0 aliphatic heterocycles. The van der Waals surface area contributed by atoms with Gasteiger partial charge >= 0.3 is 0 Å². The molecule has 0 saturated heterocycles. The number of hydrogen-bond donors (Lipinski definition) is 0. The lowest BCUT2D eigenvalue weighted by atomic mass is 9.78. The van der Waals surface area contributed by atoms with Gasteiger partial charge in [-0.1, -0.05) is 70.1 Å². The van der Waals surface area contributed by atoms with Crippen molar-refractivity contribution in [3.05, 3.63) is 35.6 Å². The summed E-state index contributed by atoms with van der Waals surface area (Å²) in [7, 11) is 0. The first-order valence-electron chi connectivity index (χ1n) is 9.52. The van der Waals surface area contributed by atoms with Gasteiger partial charge in [-0.2, -0.15) is 0 Å². The second kappa shape index (κ2) is 10.9. The second-order valence-corrected chi connectivity index (χ2v) is 6.98. The van der Waals surface area contributed by atoms with Crippen LogP contribution < -0.4 is 0 Å². The second-order valence-electron chi connectivity index (χ2n) is 6.98. The van der Waals surface area contributed by atoms with Crippen molar-refractivity contribution in [3.8, 4) is 23.7 Å². The standard InChI is InChI=1S/C23H29F/c1-2-3-6-9-20-12-14-21(15-13-20)10-7-4-5-8-11-22-16-18-23(24)19-17-22/h16-21H,2-3,6-7,9-10,12-15H2,1H3. The molecular formula is C23H29F. The monoisotopic (exact) mass is 324 g/mol. The van der Waals surface area contributed by atoms with Crippen LogP contribution in [0.25, 0.3) is 0 Å². The van der Waals surface area contributed by atoms with Crippen molar-refractivity contribution in [2.45, 2.75) is 71.1 Å². The quantitative estimate of drug-likeness (QED) is 0.422. The van der Waals surface area contributed by atoms with Gasteiger partial charge in [0.15, 0.2) is 0 Å². The number of hydrogen-bond acceptors (Lipinski definition) is 0. The molecule has 1 fully saturated rings. The maximum absolute atomic E-state index is 12.8. The van der Waals surface area contributed by atoms with Gasteiger partial charge in [0.2, 0.25) is 0 Å². The molecule has 2 rings (SSSR count). The fourth-order valence-corrected chi connectivity index (χ4v) is 3.51. The van der Waals surface area contributed by atoms with Gasteiger partial charge in [0.05, 0.1) is 0 Å². The van der Waals surface area contributed by atoms with E-state index in [0.717, 1.165) is 23.8 Å². The number of rotatable bonds is 6. The zero-order chi connectivity index (χ0) is 17.0. The van der Waals surface area contributed by atoms with Gasteiger partial charge in [-0.3, -0.25) is 0 Å². The van der Waals surface area contributed by atoms with Crippen LogP contribution >= 0.6 is 0 Å². The first kappa shape index (κ1) is 18.6. The van der Waals surface area contributed by atoms with E-state index in [9.17, 15) is 4.39 Å². The van der Waals surface area contributed by atoms with E-state index in [0.29, 0.717) is 0 Å². The van der Waals surface area contributed by atoms with Crippen molar-refractivity contribution in [3.63, 3.8) is 0 Å². The van der Waals surface area contributed by atoms with Gasteiger partial charge < -0.3 is 0 Å². The molecule has 0 heterocycles. The third-order valence-electron chi connectivity index (χ3n) is 5.06. The highest BCUT2D eigenvalue weighted by Gasteiger charge is 2.20. The molecule has 128 valence electrons. The molecule has 1 aromatic carbocycles. The van der Waals surface area contributed by atoms with Crippen LogP contribution in [0.15, 0.2) is 24.3 Å². The summed E-state index contributed by atoms with van der Waals surface area (Å²) in [4.78, 5) is 0. The van der Waals surface area contributed by atoms with E-state index >= 15 is 0 Å². The molecule has 1 aromatic rings. The maximum atomic E-state index is 12.8. The molecule has 0 N–H and O–H groups in total. The van der Waals surface area contributed by atoms with E-state index < -0.39 is 0 Å². The number of halogens is 1. The molecule has 1 heteroatoms. The minimum Gasteiger partial charge on any atom is -0.207 e. The van der Waals surface area contributed by atoms with Crippen molar-refractivity contribution < 1.29 is 4.39 Å². The fraction of sp³-hybridized carbons (Fsp3) is 0.565. The van der Waals surface area contributed by atoms with Crippen LogP contribution in [0.4, 0.5) is 4.39 Å². The third kappa shape index (κ3) is 7.23. The molecule has 0 unspecified atom stereocenters. The highest BCUT2D eigenvalue weighted by Crippen LogP contribution is 2.34. The van der Waals surface area contributed by atoms with Gasteiger partial charge in [0.1, 0.15) is 5.82 Å². The summed E-state index contributed by atoms with van der Waals surface area (Å²) in [5.74, 6) is 13.5. The van der Waals surface area contributed by atoms with Gasteiger partial charge in [0, 0.05) is 12.0 Å². The first-order chi connectivity index (χ1) is 11.8. The lowest BCUT2D eigenvalue weighted by molar-refractivity contribution is 0.250. The Bertz CT molecular complexity index is 583. The van der Waals surface area contributed by atoms with Crippen LogP contribution in [0.1, 0.15) is 76.7 Å². The normalized spacial score (nSPS) is 19.8. The summed E-state index contributed by atoms with van der Waals surface area (Å²) in [6, 6.07) is 6.22. The van der Waals surface area contributed by atoms with Crippen molar-refractivity contribution in [1.29, 1.82) is 0 Å². The predicted octanol–water partition coefficient (Wildman–Crippen LogP) is 6.35. The van der Waals surface area contributed by atoms with Gasteiger partial charge in [-0.05, 0) is 54.4 Å². The number of benzene rings is 1. The Morgan fingerprint density at radius 1 is 0.917 bits per heavy atom. The molecule has 1 aliphatic carbocycles. The summed E-state index contributed by atoms with van der Waals surface area (Å²) in [6.07, 6.45) is 13.4. The minimum absolute atomic E-state index is 0.230. The highest BCUT2D eigenvalue weighted by molar-refractivity contribution is 5.39. The van der Waals surface area contributed by atoms with Crippen LogP contribution in [0.5, 0.6) is 0 Å². The van der Waals surface area contributed by atoms with Gasteiger partial charge in [-0.25, -0.2) is 4.39 Å². The van der Waals surface area contributed by atoms with Gasteiger partial charge in [0.25, 0.3) is 0 Å². The van der Waals surface area contributed by atoms with E-state index in [1.807, 2.05) is 0 Å². The SMILES string of the molecule is CCCCCC1CCC(CCC#CC#Cc2ccc(F)cc2)CC1. The van der Waals surface area contributed by atoms with Crippen LogP contribution in [0.3, 0.4) is 0 Å². The third-order valence-corrected chi connectivity index (χ3v) is 5.06. The Hall–Kier alpha value is -1.73. The molecule has 24 heavy (non-hydrogen) atoms. The molecular weight excluding hydrogens is 295 g/mol. The van der Waals surface area contributed by atoms with Crippen LogP contribution in [0, 0.1) is 41.3 Å². The van der Waals surface area contributed by atoms with E-state index in [-0.39, 0.29) is 5.82 Å². The highest BCUT2D eigenvalue weighted by atomic mass is 19.1. The first-order valence-corrected chi connectivity index (χ1v) is 9.52. The average molecular weight is 324 g/mol. The molecule has 0 nitrogen and oxygen atoms in total. The molecule has 1 aliphatic rings. The summed E-state index contributed by atoms with van der Waals surface area (Å²) in [6.45, 7) is 2.28. The Balaban J connectivity index is 1.61. The van der Waals surface area contributed by atoms with Crippen molar-refractivity contribution >= 4 is 0 Å².